The fourth-order valence-electron chi connectivity index (χ4n) is 3.57. The van der Waals surface area contributed by atoms with Crippen LogP contribution in [0, 0.1) is 11.8 Å². The molecule has 0 aliphatic heterocycles. The van der Waals surface area contributed by atoms with Crippen molar-refractivity contribution in [3.63, 3.8) is 0 Å². The molecule has 2 aromatic rings. The van der Waals surface area contributed by atoms with Gasteiger partial charge in [0.15, 0.2) is 0 Å². The first-order chi connectivity index (χ1) is 8.86. The lowest BCUT2D eigenvalue weighted by Crippen LogP contribution is -1.93. The second kappa shape index (κ2) is 3.57. The van der Waals surface area contributed by atoms with Crippen molar-refractivity contribution >= 4 is 5.88 Å². The first-order valence-electron chi connectivity index (χ1n) is 6.51. The minimum atomic E-state index is 0.419. The summed E-state index contributed by atoms with van der Waals surface area (Å²) < 4.78 is 5.22. The number of hydrogen-bond acceptors (Lipinski definition) is 4. The summed E-state index contributed by atoms with van der Waals surface area (Å²) in [6.45, 7) is 0. The van der Waals surface area contributed by atoms with Gasteiger partial charge >= 0.3 is 0 Å². The molecule has 2 atom stereocenters. The average molecular weight is 241 g/mol. The van der Waals surface area contributed by atoms with E-state index < -0.39 is 0 Å². The fourth-order valence-corrected chi connectivity index (χ4v) is 3.57. The zero-order valence-corrected chi connectivity index (χ0v) is 10.0. The van der Waals surface area contributed by atoms with Gasteiger partial charge < -0.3 is 10.3 Å². The van der Waals surface area contributed by atoms with Gasteiger partial charge in [-0.15, -0.1) is 0 Å². The van der Waals surface area contributed by atoms with Gasteiger partial charge in [-0.05, 0) is 30.7 Å². The lowest BCUT2D eigenvalue weighted by Gasteiger charge is -2.03. The SMILES string of the molecule is Nc1onc(C2C3CCCC32)c1-c1cccnc1. The van der Waals surface area contributed by atoms with Crippen molar-refractivity contribution in [3.8, 4) is 11.1 Å². The Labute approximate surface area is 105 Å². The molecule has 2 aliphatic carbocycles. The van der Waals surface area contributed by atoms with Crippen molar-refractivity contribution in [1.29, 1.82) is 0 Å². The highest BCUT2D eigenvalue weighted by atomic mass is 16.5. The van der Waals surface area contributed by atoms with Crippen molar-refractivity contribution in [3.05, 3.63) is 30.2 Å². The summed E-state index contributed by atoms with van der Waals surface area (Å²) in [4.78, 5) is 4.15. The molecule has 2 aliphatic rings. The zero-order valence-electron chi connectivity index (χ0n) is 10.0. The zero-order chi connectivity index (χ0) is 12.1. The van der Waals surface area contributed by atoms with Crippen molar-refractivity contribution in [2.75, 3.05) is 5.73 Å². The molecule has 2 heterocycles. The number of hydrogen-bond donors (Lipinski definition) is 1. The Balaban J connectivity index is 1.77. The molecule has 0 bridgehead atoms. The molecule has 92 valence electrons. The maximum absolute atomic E-state index is 5.93. The summed E-state index contributed by atoms with van der Waals surface area (Å²) in [6.07, 6.45) is 7.60. The fraction of sp³-hybridized carbons (Fsp3) is 0.429. The van der Waals surface area contributed by atoms with E-state index in [1.54, 1.807) is 6.20 Å². The Morgan fingerprint density at radius 2 is 2.11 bits per heavy atom. The van der Waals surface area contributed by atoms with Crippen LogP contribution in [-0.2, 0) is 0 Å². The minimum absolute atomic E-state index is 0.419. The van der Waals surface area contributed by atoms with Crippen molar-refractivity contribution in [2.24, 2.45) is 11.8 Å². The van der Waals surface area contributed by atoms with Crippen molar-refractivity contribution in [1.82, 2.24) is 10.1 Å². The molecule has 4 rings (SSSR count). The molecule has 2 fully saturated rings. The van der Waals surface area contributed by atoms with Crippen LogP contribution in [0.5, 0.6) is 0 Å². The Kier molecular flexibility index (Phi) is 2.01. The highest BCUT2D eigenvalue weighted by molar-refractivity contribution is 5.75. The van der Waals surface area contributed by atoms with E-state index in [0.29, 0.717) is 11.8 Å². The number of rotatable bonds is 2. The molecule has 0 spiro atoms. The molecular weight excluding hydrogens is 226 g/mol. The van der Waals surface area contributed by atoms with E-state index in [9.17, 15) is 0 Å². The van der Waals surface area contributed by atoms with E-state index in [1.807, 2.05) is 18.3 Å². The second-order valence-corrected chi connectivity index (χ2v) is 5.33. The van der Waals surface area contributed by atoms with Crippen molar-refractivity contribution in [2.45, 2.75) is 25.2 Å². The summed E-state index contributed by atoms with van der Waals surface area (Å²) in [7, 11) is 0. The maximum Gasteiger partial charge on any atom is 0.230 e. The standard InChI is InChI=1S/C14H15N3O/c15-14-11(8-3-2-6-16-7-8)13(17-18-14)12-9-4-1-5-10(9)12/h2-3,6-7,9-10,12H,1,4-5,15H2. The topological polar surface area (TPSA) is 64.9 Å². The third-order valence-corrected chi connectivity index (χ3v) is 4.42. The van der Waals surface area contributed by atoms with Gasteiger partial charge in [0.2, 0.25) is 5.88 Å². The van der Waals surface area contributed by atoms with E-state index in [0.717, 1.165) is 28.7 Å². The van der Waals surface area contributed by atoms with Crippen molar-refractivity contribution < 1.29 is 4.52 Å². The van der Waals surface area contributed by atoms with E-state index >= 15 is 0 Å². The molecule has 2 N–H and O–H groups in total. The van der Waals surface area contributed by atoms with E-state index in [2.05, 4.69) is 10.1 Å². The normalized spacial score (nSPS) is 29.2. The van der Waals surface area contributed by atoms with Crippen LogP contribution in [0.15, 0.2) is 29.0 Å². The van der Waals surface area contributed by atoms with Crippen LogP contribution in [-0.4, -0.2) is 10.1 Å². The number of nitrogen functional groups attached to an aromatic ring is 1. The molecule has 0 amide bonds. The van der Waals surface area contributed by atoms with E-state index in [4.69, 9.17) is 10.3 Å². The number of nitrogens with zero attached hydrogens (tertiary/aromatic N) is 2. The van der Waals surface area contributed by atoms with Gasteiger partial charge in [-0.2, -0.15) is 0 Å². The molecule has 0 radical (unpaired) electrons. The highest BCUT2D eigenvalue weighted by Gasteiger charge is 2.55. The Bertz CT molecular complexity index is 568. The van der Waals surface area contributed by atoms with E-state index in [1.165, 1.54) is 19.3 Å². The quantitative estimate of drug-likeness (QED) is 0.878. The highest BCUT2D eigenvalue weighted by Crippen LogP contribution is 2.64. The van der Waals surface area contributed by atoms with Crippen LogP contribution in [0.25, 0.3) is 11.1 Å². The number of fused-ring (bicyclic) bond motifs is 1. The monoisotopic (exact) mass is 241 g/mol. The lowest BCUT2D eigenvalue weighted by molar-refractivity contribution is 0.424. The minimum Gasteiger partial charge on any atom is -0.367 e. The number of anilines is 1. The van der Waals surface area contributed by atoms with Crippen LogP contribution in [0.4, 0.5) is 5.88 Å². The van der Waals surface area contributed by atoms with E-state index in [-0.39, 0.29) is 0 Å². The molecule has 2 unspecified atom stereocenters. The predicted molar refractivity (Wildman–Crippen MR) is 67.7 cm³/mol. The summed E-state index contributed by atoms with van der Waals surface area (Å²) in [5, 5.41) is 4.21. The van der Waals surface area contributed by atoms with Gasteiger partial charge in [-0.3, -0.25) is 4.98 Å². The average Bonchev–Trinajstić information content (AvgIpc) is 2.79. The van der Waals surface area contributed by atoms with Crippen LogP contribution < -0.4 is 5.73 Å². The molecule has 0 saturated heterocycles. The molecule has 0 aromatic carbocycles. The first-order valence-corrected chi connectivity index (χ1v) is 6.51. The van der Waals surface area contributed by atoms with Gasteiger partial charge in [-0.25, -0.2) is 0 Å². The van der Waals surface area contributed by atoms with Gasteiger partial charge in [-0.1, -0.05) is 17.6 Å². The molecule has 18 heavy (non-hydrogen) atoms. The predicted octanol–water partition coefficient (Wildman–Crippen LogP) is 2.83. The molecule has 2 saturated carbocycles. The largest absolute Gasteiger partial charge is 0.367 e. The summed E-state index contributed by atoms with van der Waals surface area (Å²) in [5.41, 5.74) is 8.95. The number of pyridine rings is 1. The Morgan fingerprint density at radius 1 is 1.28 bits per heavy atom. The molecule has 2 aromatic heterocycles. The summed E-state index contributed by atoms with van der Waals surface area (Å²) in [6, 6.07) is 3.93. The van der Waals surface area contributed by atoms with Crippen LogP contribution in [0.2, 0.25) is 0 Å². The smallest absolute Gasteiger partial charge is 0.230 e. The summed E-state index contributed by atoms with van der Waals surface area (Å²) in [5.74, 6) is 2.60. The van der Waals surface area contributed by atoms with Crippen LogP contribution >= 0.6 is 0 Å². The number of nitrogens with two attached hydrogens (primary N) is 1. The van der Waals surface area contributed by atoms with Gasteiger partial charge in [0, 0.05) is 23.9 Å². The second-order valence-electron chi connectivity index (χ2n) is 5.33. The van der Waals surface area contributed by atoms with Gasteiger partial charge in [0.05, 0.1) is 11.3 Å². The van der Waals surface area contributed by atoms with Crippen LogP contribution in [0.3, 0.4) is 0 Å². The van der Waals surface area contributed by atoms with Gasteiger partial charge in [0.25, 0.3) is 0 Å². The van der Waals surface area contributed by atoms with Crippen LogP contribution in [0.1, 0.15) is 30.9 Å². The molecule has 4 heteroatoms. The molecular formula is C14H15N3O. The maximum atomic E-state index is 5.93. The van der Waals surface area contributed by atoms with Gasteiger partial charge in [0.1, 0.15) is 0 Å². The Morgan fingerprint density at radius 3 is 2.83 bits per heavy atom. The third kappa shape index (κ3) is 1.32. The third-order valence-electron chi connectivity index (χ3n) is 4.42. The Hall–Kier alpha value is -1.84. The summed E-state index contributed by atoms with van der Waals surface area (Å²) >= 11 is 0. The molecule has 4 nitrogen and oxygen atoms in total. The first kappa shape index (κ1) is 10.1. The number of aromatic nitrogens is 2. The lowest BCUT2D eigenvalue weighted by atomic mass is 10.0.